The van der Waals surface area contributed by atoms with Crippen LogP contribution in [0.4, 0.5) is 0 Å². The summed E-state index contributed by atoms with van der Waals surface area (Å²) in [4.78, 5) is 24.7. The molecule has 144 valence electrons. The average Bonchev–Trinajstić information content (AvgIpc) is 2.88. The highest BCUT2D eigenvalue weighted by atomic mass is 16.7. The van der Waals surface area contributed by atoms with Crippen molar-refractivity contribution in [1.82, 2.24) is 0 Å². The number of Topliss-reactive ketones (excluding diaryl/α,β-unsaturated/α-hetero) is 1. The monoisotopic (exact) mass is 362 g/mol. The van der Waals surface area contributed by atoms with E-state index >= 15 is 0 Å². The molecule has 1 N–H and O–H groups in total. The third-order valence-corrected chi connectivity index (χ3v) is 7.52. The quantitative estimate of drug-likeness (QED) is 0.602. The van der Waals surface area contributed by atoms with Crippen molar-refractivity contribution in [2.24, 2.45) is 22.7 Å². The SMILES string of the molecule is C=C1CCC[C@H]2[C@](C)(CC(=O)C3=C(O)C(=O)OC3OC)[C@@H](C)CC[C@]12C. The van der Waals surface area contributed by atoms with Gasteiger partial charge in [-0.3, -0.25) is 4.79 Å². The highest BCUT2D eigenvalue weighted by Crippen LogP contribution is 2.62. The van der Waals surface area contributed by atoms with Crippen molar-refractivity contribution in [2.75, 3.05) is 7.11 Å². The fourth-order valence-electron chi connectivity index (χ4n) is 5.57. The van der Waals surface area contributed by atoms with Gasteiger partial charge >= 0.3 is 5.97 Å². The minimum atomic E-state index is -1.11. The average molecular weight is 362 g/mol. The van der Waals surface area contributed by atoms with Crippen LogP contribution in [0, 0.1) is 22.7 Å². The topological polar surface area (TPSA) is 72.8 Å². The maximum absolute atomic E-state index is 13.1. The fraction of sp³-hybridized carbons (Fsp3) is 0.714. The number of carbonyl (C=O) groups excluding carboxylic acids is 2. The number of ether oxygens (including phenoxy) is 2. The van der Waals surface area contributed by atoms with Crippen molar-refractivity contribution in [3.63, 3.8) is 0 Å². The number of ketones is 1. The second kappa shape index (κ2) is 6.52. The van der Waals surface area contributed by atoms with E-state index in [1.54, 1.807) is 0 Å². The summed E-state index contributed by atoms with van der Waals surface area (Å²) in [6.07, 6.45) is 4.57. The first-order valence-corrected chi connectivity index (χ1v) is 9.53. The van der Waals surface area contributed by atoms with Crippen LogP contribution in [0.2, 0.25) is 0 Å². The number of allylic oxidation sites excluding steroid dienone is 1. The standard InChI is InChI=1S/C21H30O5/c1-12-7-6-8-15-20(12,3)10-9-13(2)21(15,4)11-14(22)16-17(23)18(24)26-19(16)25-5/h13,15,19,23H,1,6-11H2,2-5H3/t13-,15+,19?,20+,21+/m0/s1. The molecule has 1 unspecified atom stereocenters. The summed E-state index contributed by atoms with van der Waals surface area (Å²) < 4.78 is 10.0. The van der Waals surface area contributed by atoms with Crippen molar-refractivity contribution in [3.8, 4) is 0 Å². The number of fused-ring (bicyclic) bond motifs is 1. The molecule has 0 aromatic rings. The van der Waals surface area contributed by atoms with E-state index in [2.05, 4.69) is 27.4 Å². The van der Waals surface area contributed by atoms with Crippen molar-refractivity contribution >= 4 is 11.8 Å². The van der Waals surface area contributed by atoms with E-state index in [-0.39, 0.29) is 28.6 Å². The van der Waals surface area contributed by atoms with Gasteiger partial charge in [0.1, 0.15) is 5.57 Å². The van der Waals surface area contributed by atoms with Gasteiger partial charge < -0.3 is 14.6 Å². The van der Waals surface area contributed by atoms with Crippen LogP contribution in [0.3, 0.4) is 0 Å². The van der Waals surface area contributed by atoms with E-state index in [9.17, 15) is 14.7 Å². The third kappa shape index (κ3) is 2.72. The van der Waals surface area contributed by atoms with Crippen LogP contribution in [0.5, 0.6) is 0 Å². The van der Waals surface area contributed by atoms with E-state index in [4.69, 9.17) is 9.47 Å². The number of esters is 1. The smallest absolute Gasteiger partial charge is 0.376 e. The molecule has 0 bridgehead atoms. The molecule has 0 amide bonds. The molecule has 2 saturated carbocycles. The van der Waals surface area contributed by atoms with Crippen LogP contribution in [0.25, 0.3) is 0 Å². The predicted octanol–water partition coefficient (Wildman–Crippen LogP) is 4.09. The molecule has 2 aliphatic carbocycles. The molecule has 1 aliphatic heterocycles. The largest absolute Gasteiger partial charge is 0.501 e. The molecule has 26 heavy (non-hydrogen) atoms. The number of rotatable bonds is 4. The van der Waals surface area contributed by atoms with Gasteiger partial charge in [0.2, 0.25) is 12.0 Å². The molecule has 5 atom stereocenters. The number of carbonyl (C=O) groups is 2. The molecule has 0 aromatic carbocycles. The van der Waals surface area contributed by atoms with Gasteiger partial charge in [-0.1, -0.05) is 32.9 Å². The highest BCUT2D eigenvalue weighted by molar-refractivity contribution is 6.06. The molecule has 0 radical (unpaired) electrons. The summed E-state index contributed by atoms with van der Waals surface area (Å²) in [7, 11) is 1.36. The summed E-state index contributed by atoms with van der Waals surface area (Å²) >= 11 is 0. The van der Waals surface area contributed by atoms with Crippen LogP contribution in [-0.4, -0.2) is 30.3 Å². The second-order valence-electron chi connectivity index (χ2n) is 8.75. The Hall–Kier alpha value is -1.62. The maximum Gasteiger partial charge on any atom is 0.376 e. The molecule has 3 aliphatic rings. The lowest BCUT2D eigenvalue weighted by molar-refractivity contribution is -0.158. The second-order valence-corrected chi connectivity index (χ2v) is 8.75. The van der Waals surface area contributed by atoms with E-state index in [1.807, 2.05) is 0 Å². The zero-order chi connectivity index (χ0) is 19.3. The van der Waals surface area contributed by atoms with Crippen molar-refractivity contribution < 1.29 is 24.2 Å². The third-order valence-electron chi connectivity index (χ3n) is 7.52. The first kappa shape index (κ1) is 19.2. The molecular formula is C21H30O5. The first-order valence-electron chi connectivity index (χ1n) is 9.53. The number of aliphatic hydroxyl groups is 1. The van der Waals surface area contributed by atoms with E-state index in [0.717, 1.165) is 32.1 Å². The van der Waals surface area contributed by atoms with Gasteiger partial charge in [0.15, 0.2) is 5.78 Å². The highest BCUT2D eigenvalue weighted by Gasteiger charge is 2.55. The Morgan fingerprint density at radius 3 is 2.73 bits per heavy atom. The van der Waals surface area contributed by atoms with Gasteiger partial charge in [-0.25, -0.2) is 4.79 Å². The number of aliphatic hydroxyl groups excluding tert-OH is 1. The predicted molar refractivity (Wildman–Crippen MR) is 97.3 cm³/mol. The number of hydrogen-bond donors (Lipinski definition) is 1. The van der Waals surface area contributed by atoms with E-state index in [1.165, 1.54) is 12.7 Å². The molecule has 0 saturated heterocycles. The Morgan fingerprint density at radius 2 is 2.08 bits per heavy atom. The first-order chi connectivity index (χ1) is 12.1. The summed E-state index contributed by atoms with van der Waals surface area (Å²) in [5.74, 6) is -1.01. The molecular weight excluding hydrogens is 332 g/mol. The lowest BCUT2D eigenvalue weighted by atomic mass is 9.46. The molecule has 1 heterocycles. The Morgan fingerprint density at radius 1 is 1.38 bits per heavy atom. The minimum absolute atomic E-state index is 0.0344. The van der Waals surface area contributed by atoms with Crippen LogP contribution in [-0.2, 0) is 19.1 Å². The van der Waals surface area contributed by atoms with Gasteiger partial charge in [0.25, 0.3) is 0 Å². The lowest BCUT2D eigenvalue weighted by Crippen LogP contribution is -2.51. The number of methoxy groups -OCH3 is 1. The Labute approximate surface area is 155 Å². The number of cyclic esters (lactones) is 1. The van der Waals surface area contributed by atoms with Crippen molar-refractivity contribution in [1.29, 1.82) is 0 Å². The molecule has 5 heteroatoms. The summed E-state index contributed by atoms with van der Waals surface area (Å²) in [5, 5.41) is 10.0. The van der Waals surface area contributed by atoms with Gasteiger partial charge in [-0.15, -0.1) is 0 Å². The molecule has 0 aromatic heterocycles. The molecule has 0 spiro atoms. The van der Waals surface area contributed by atoms with Crippen LogP contribution >= 0.6 is 0 Å². The fourth-order valence-corrected chi connectivity index (χ4v) is 5.57. The van der Waals surface area contributed by atoms with Gasteiger partial charge in [0.05, 0.1) is 0 Å². The minimum Gasteiger partial charge on any atom is -0.501 e. The van der Waals surface area contributed by atoms with E-state index < -0.39 is 18.0 Å². The summed E-state index contributed by atoms with van der Waals surface area (Å²) in [6, 6.07) is 0. The Kier molecular flexibility index (Phi) is 4.80. The van der Waals surface area contributed by atoms with Gasteiger partial charge in [-0.05, 0) is 54.8 Å². The lowest BCUT2D eigenvalue weighted by Gasteiger charge is -2.58. The van der Waals surface area contributed by atoms with Crippen molar-refractivity contribution in [2.45, 2.75) is 65.6 Å². The molecule has 5 nitrogen and oxygen atoms in total. The van der Waals surface area contributed by atoms with Crippen molar-refractivity contribution in [3.05, 3.63) is 23.5 Å². The Balaban J connectivity index is 1.92. The summed E-state index contributed by atoms with van der Waals surface area (Å²) in [5.41, 5.74) is 1.10. The van der Waals surface area contributed by atoms with E-state index in [0.29, 0.717) is 11.8 Å². The van der Waals surface area contributed by atoms with Crippen LogP contribution in [0.15, 0.2) is 23.5 Å². The normalized spacial score (nSPS) is 40.4. The van der Waals surface area contributed by atoms with Gasteiger partial charge in [-0.2, -0.15) is 0 Å². The molecule has 2 fully saturated rings. The zero-order valence-corrected chi connectivity index (χ0v) is 16.3. The zero-order valence-electron chi connectivity index (χ0n) is 16.3. The Bertz CT molecular complexity index is 678. The number of hydrogen-bond acceptors (Lipinski definition) is 5. The van der Waals surface area contributed by atoms with Gasteiger partial charge in [0, 0.05) is 13.5 Å². The maximum atomic E-state index is 13.1. The summed E-state index contributed by atoms with van der Waals surface area (Å²) in [6.45, 7) is 11.0. The van der Waals surface area contributed by atoms with Crippen LogP contribution < -0.4 is 0 Å². The molecule has 3 rings (SSSR count). The van der Waals surface area contributed by atoms with Crippen LogP contribution in [0.1, 0.15) is 59.3 Å².